The van der Waals surface area contributed by atoms with Crippen LogP contribution in [0.15, 0.2) is 18.3 Å². The quantitative estimate of drug-likeness (QED) is 0.775. The van der Waals surface area contributed by atoms with E-state index in [0.717, 1.165) is 23.6 Å². The largest absolute Gasteiger partial charge is 0.369 e. The number of nitrogens with zero attached hydrogens (tertiary/aromatic N) is 3. The van der Waals surface area contributed by atoms with Crippen molar-refractivity contribution < 1.29 is 0 Å². The third kappa shape index (κ3) is 1.14. The molecule has 2 aromatic rings. The van der Waals surface area contributed by atoms with Crippen LogP contribution in [0, 0.1) is 5.92 Å². The zero-order valence-corrected chi connectivity index (χ0v) is 7.85. The van der Waals surface area contributed by atoms with E-state index in [1.165, 1.54) is 12.8 Å². The molecule has 1 saturated carbocycles. The van der Waals surface area contributed by atoms with E-state index in [4.69, 9.17) is 5.73 Å². The van der Waals surface area contributed by atoms with Crippen molar-refractivity contribution in [2.24, 2.45) is 5.92 Å². The van der Waals surface area contributed by atoms with Gasteiger partial charge < -0.3 is 5.73 Å². The Morgan fingerprint density at radius 3 is 3.14 bits per heavy atom. The monoisotopic (exact) mass is 188 g/mol. The van der Waals surface area contributed by atoms with Gasteiger partial charge >= 0.3 is 0 Å². The van der Waals surface area contributed by atoms with E-state index in [1.54, 1.807) is 6.20 Å². The lowest BCUT2D eigenvalue weighted by molar-refractivity contribution is 0.646. The minimum atomic E-state index is 0.589. The Morgan fingerprint density at radius 2 is 2.36 bits per heavy atom. The van der Waals surface area contributed by atoms with E-state index in [1.807, 2.05) is 16.7 Å². The standard InChI is InChI=1S/C10H12N4/c11-10-13-8-2-1-5-12-9(8)14(10)6-7-3-4-7/h1-2,5,7H,3-4,6H2,(H2,11,13). The van der Waals surface area contributed by atoms with Crippen molar-refractivity contribution in [3.8, 4) is 0 Å². The number of nitrogen functional groups attached to an aromatic ring is 1. The number of nitrogens with two attached hydrogens (primary N) is 1. The van der Waals surface area contributed by atoms with Crippen molar-refractivity contribution in [3.63, 3.8) is 0 Å². The van der Waals surface area contributed by atoms with Crippen LogP contribution in [0.1, 0.15) is 12.8 Å². The molecular formula is C10H12N4. The molecule has 0 aliphatic heterocycles. The van der Waals surface area contributed by atoms with Gasteiger partial charge in [0.05, 0.1) is 0 Å². The number of hydrogen-bond donors (Lipinski definition) is 1. The average molecular weight is 188 g/mol. The highest BCUT2D eigenvalue weighted by molar-refractivity contribution is 5.73. The third-order valence-electron chi connectivity index (χ3n) is 2.67. The molecule has 1 aliphatic rings. The Balaban J connectivity index is 2.13. The highest BCUT2D eigenvalue weighted by Gasteiger charge is 2.23. The van der Waals surface area contributed by atoms with E-state index < -0.39 is 0 Å². The van der Waals surface area contributed by atoms with E-state index in [2.05, 4.69) is 9.97 Å². The summed E-state index contributed by atoms with van der Waals surface area (Å²) in [5.74, 6) is 1.38. The molecule has 0 saturated heterocycles. The molecule has 0 spiro atoms. The van der Waals surface area contributed by atoms with Crippen molar-refractivity contribution in [2.75, 3.05) is 5.73 Å². The molecule has 4 heteroatoms. The molecule has 2 N–H and O–H groups in total. The molecule has 0 amide bonds. The summed E-state index contributed by atoms with van der Waals surface area (Å²) in [6, 6.07) is 3.83. The zero-order valence-electron chi connectivity index (χ0n) is 7.85. The van der Waals surface area contributed by atoms with Gasteiger partial charge in [-0.15, -0.1) is 0 Å². The van der Waals surface area contributed by atoms with Crippen molar-refractivity contribution >= 4 is 17.1 Å². The number of anilines is 1. The second kappa shape index (κ2) is 2.70. The maximum atomic E-state index is 5.84. The maximum absolute atomic E-state index is 5.84. The predicted molar refractivity (Wildman–Crippen MR) is 54.7 cm³/mol. The number of fused-ring (bicyclic) bond motifs is 1. The first kappa shape index (κ1) is 7.79. The van der Waals surface area contributed by atoms with Crippen LogP contribution < -0.4 is 5.73 Å². The van der Waals surface area contributed by atoms with Crippen molar-refractivity contribution in [3.05, 3.63) is 18.3 Å². The van der Waals surface area contributed by atoms with E-state index >= 15 is 0 Å². The van der Waals surface area contributed by atoms with Crippen molar-refractivity contribution in [1.29, 1.82) is 0 Å². The number of hydrogen-bond acceptors (Lipinski definition) is 3. The van der Waals surface area contributed by atoms with Gasteiger partial charge in [-0.1, -0.05) is 0 Å². The first-order chi connectivity index (χ1) is 6.84. The molecule has 2 heterocycles. The van der Waals surface area contributed by atoms with Crippen LogP contribution in [-0.4, -0.2) is 14.5 Å². The van der Waals surface area contributed by atoms with E-state index in [-0.39, 0.29) is 0 Å². The molecule has 0 aromatic carbocycles. The van der Waals surface area contributed by atoms with Crippen LogP contribution >= 0.6 is 0 Å². The first-order valence-electron chi connectivity index (χ1n) is 4.91. The highest BCUT2D eigenvalue weighted by Crippen LogP contribution is 2.32. The van der Waals surface area contributed by atoms with Crippen LogP contribution in [-0.2, 0) is 6.54 Å². The summed E-state index contributed by atoms with van der Waals surface area (Å²) in [5.41, 5.74) is 7.65. The summed E-state index contributed by atoms with van der Waals surface area (Å²) >= 11 is 0. The maximum Gasteiger partial charge on any atom is 0.202 e. The lowest BCUT2D eigenvalue weighted by Gasteiger charge is -2.02. The van der Waals surface area contributed by atoms with Gasteiger partial charge in [0, 0.05) is 12.7 Å². The van der Waals surface area contributed by atoms with E-state index in [9.17, 15) is 0 Å². The molecule has 2 aromatic heterocycles. The number of aromatic nitrogens is 3. The van der Waals surface area contributed by atoms with Gasteiger partial charge in [0.25, 0.3) is 0 Å². The fraction of sp³-hybridized carbons (Fsp3) is 0.400. The van der Waals surface area contributed by atoms with Gasteiger partial charge in [-0.2, -0.15) is 0 Å². The summed E-state index contributed by atoms with van der Waals surface area (Å²) in [6.07, 6.45) is 4.41. The molecule has 72 valence electrons. The minimum Gasteiger partial charge on any atom is -0.369 e. The Bertz CT molecular complexity index is 470. The third-order valence-corrected chi connectivity index (χ3v) is 2.67. The van der Waals surface area contributed by atoms with Gasteiger partial charge in [-0.05, 0) is 30.9 Å². The molecule has 3 rings (SSSR count). The first-order valence-corrected chi connectivity index (χ1v) is 4.91. The van der Waals surface area contributed by atoms with Crippen LogP contribution in [0.2, 0.25) is 0 Å². The SMILES string of the molecule is Nc1nc2cccnc2n1CC1CC1. The van der Waals surface area contributed by atoms with Crippen LogP contribution in [0.4, 0.5) is 5.95 Å². The summed E-state index contributed by atoms with van der Waals surface area (Å²) in [5, 5.41) is 0. The Hall–Kier alpha value is -1.58. The molecule has 0 radical (unpaired) electrons. The van der Waals surface area contributed by atoms with Gasteiger partial charge in [0.1, 0.15) is 5.52 Å². The molecule has 4 nitrogen and oxygen atoms in total. The van der Waals surface area contributed by atoms with Gasteiger partial charge in [0.15, 0.2) is 5.65 Å². The second-order valence-corrected chi connectivity index (χ2v) is 3.87. The normalized spacial score (nSPS) is 16.3. The lowest BCUT2D eigenvalue weighted by atomic mass is 10.4. The molecule has 1 aliphatic carbocycles. The summed E-state index contributed by atoms with van der Waals surface area (Å²) in [7, 11) is 0. The van der Waals surface area contributed by atoms with Gasteiger partial charge in [-0.3, -0.25) is 4.57 Å². The Kier molecular flexibility index (Phi) is 1.50. The molecule has 0 bridgehead atoms. The Labute approximate surface area is 81.8 Å². The van der Waals surface area contributed by atoms with Crippen LogP contribution in [0.5, 0.6) is 0 Å². The fourth-order valence-electron chi connectivity index (χ4n) is 1.71. The Morgan fingerprint density at radius 1 is 1.50 bits per heavy atom. The summed E-state index contributed by atoms with van der Waals surface area (Å²) in [6.45, 7) is 0.972. The summed E-state index contributed by atoms with van der Waals surface area (Å²) < 4.78 is 2.02. The van der Waals surface area contributed by atoms with E-state index in [0.29, 0.717) is 5.95 Å². The minimum absolute atomic E-state index is 0.589. The van der Waals surface area contributed by atoms with Crippen molar-refractivity contribution in [1.82, 2.24) is 14.5 Å². The molecule has 0 atom stereocenters. The van der Waals surface area contributed by atoms with Crippen LogP contribution in [0.3, 0.4) is 0 Å². The number of imidazole rings is 1. The molecule has 14 heavy (non-hydrogen) atoms. The summed E-state index contributed by atoms with van der Waals surface area (Å²) in [4.78, 5) is 8.58. The smallest absolute Gasteiger partial charge is 0.202 e. The topological polar surface area (TPSA) is 56.7 Å². The molecule has 1 fully saturated rings. The second-order valence-electron chi connectivity index (χ2n) is 3.87. The predicted octanol–water partition coefficient (Wildman–Crippen LogP) is 1.42. The molecule has 0 unspecified atom stereocenters. The highest BCUT2D eigenvalue weighted by atomic mass is 15.2. The van der Waals surface area contributed by atoms with Crippen LogP contribution in [0.25, 0.3) is 11.2 Å². The zero-order chi connectivity index (χ0) is 9.54. The average Bonchev–Trinajstić information content (AvgIpc) is 2.93. The van der Waals surface area contributed by atoms with Gasteiger partial charge in [-0.25, -0.2) is 9.97 Å². The number of rotatable bonds is 2. The lowest BCUT2D eigenvalue weighted by Crippen LogP contribution is -2.05. The molecular weight excluding hydrogens is 176 g/mol. The van der Waals surface area contributed by atoms with Crippen molar-refractivity contribution in [2.45, 2.75) is 19.4 Å². The fourth-order valence-corrected chi connectivity index (χ4v) is 1.71. The van der Waals surface area contributed by atoms with Gasteiger partial charge in [0.2, 0.25) is 5.95 Å². The number of pyridine rings is 1.